The third-order valence-electron chi connectivity index (χ3n) is 26.2. The monoisotopic (exact) mass is 1850 g/mol. The van der Waals surface area contributed by atoms with Gasteiger partial charge in [-0.05, 0) is 263 Å². The van der Waals surface area contributed by atoms with Gasteiger partial charge in [0.2, 0.25) is 0 Å². The quantitative estimate of drug-likeness (QED) is 0.0430. The third kappa shape index (κ3) is 34.4. The Kier molecular flexibility index (Phi) is 57.6. The van der Waals surface area contributed by atoms with Crippen molar-refractivity contribution < 1.29 is 51.2 Å². The van der Waals surface area contributed by atoms with Crippen LogP contribution in [-0.4, -0.2) is 57.1 Å². The van der Waals surface area contributed by atoms with E-state index in [0.717, 1.165) is 46.0 Å². The Morgan fingerprint density at radius 1 is 0.233 bits per heavy atom. The van der Waals surface area contributed by atoms with Crippen molar-refractivity contribution in [3.63, 3.8) is 0 Å². The van der Waals surface area contributed by atoms with Gasteiger partial charge < -0.3 is 44.6 Å². The molecule has 0 heterocycles. The van der Waals surface area contributed by atoms with Gasteiger partial charge in [-0.2, -0.15) is 0 Å². The summed E-state index contributed by atoms with van der Waals surface area (Å²) in [5, 5.41) is 13.5. The number of hydrogen-bond acceptors (Lipinski definition) is 0. The van der Waals surface area contributed by atoms with Crippen LogP contribution in [0, 0.1) is 90.0 Å². The van der Waals surface area contributed by atoms with Crippen molar-refractivity contribution >= 4 is 90.0 Å². The number of hydrogen-bond donors (Lipinski definition) is 0. The topological polar surface area (TPSA) is 0 Å². The molecule has 8 fully saturated rings. The van der Waals surface area contributed by atoms with E-state index in [9.17, 15) is 0 Å². The minimum atomic E-state index is -0.424. The van der Waals surface area contributed by atoms with Gasteiger partial charge in [-0.1, -0.05) is 422 Å². The van der Waals surface area contributed by atoms with E-state index in [1.807, 2.05) is 0 Å². The first-order valence-electron chi connectivity index (χ1n) is 45.2. The van der Waals surface area contributed by atoms with E-state index >= 15 is 0 Å². The fourth-order valence-corrected chi connectivity index (χ4v) is 42.7. The molecule has 16 rings (SSSR count). The van der Waals surface area contributed by atoms with Crippen LogP contribution in [0.5, 0.6) is 0 Å². The van der Waals surface area contributed by atoms with Crippen molar-refractivity contribution in [3.05, 3.63) is 285 Å². The van der Waals surface area contributed by atoms with Crippen LogP contribution < -0.4 is 42.4 Å². The second-order valence-corrected chi connectivity index (χ2v) is 52.7. The van der Waals surface area contributed by atoms with E-state index < -0.39 is 7.92 Å². The summed E-state index contributed by atoms with van der Waals surface area (Å²) in [5.41, 5.74) is 10.5. The molecule has 664 valence electrons. The van der Waals surface area contributed by atoms with Gasteiger partial charge >= 0.3 is 51.2 Å². The first-order valence-corrected chi connectivity index (χ1v) is 54.2. The minimum Gasteiger partial charge on any atom is -0.358 e. The van der Waals surface area contributed by atoms with Crippen molar-refractivity contribution in [1.82, 2.24) is 0 Å². The van der Waals surface area contributed by atoms with Crippen molar-refractivity contribution in [3.8, 4) is 0 Å². The maximum Gasteiger partial charge on any atom is 2.00 e. The van der Waals surface area contributed by atoms with Gasteiger partial charge in [-0.3, -0.25) is 0 Å². The average Bonchev–Trinajstić information content (AvgIpc) is 1.34. The number of benzene rings is 8. The molecule has 8 aromatic rings. The molecule has 120 heavy (non-hydrogen) atoms. The first kappa shape index (κ1) is 114. The molecule has 0 aliphatic heterocycles. The molecule has 8 aromatic carbocycles. The molecule has 0 amide bonds. The molecule has 8 saturated carbocycles. The maximum absolute atomic E-state index is 2.48. The van der Waals surface area contributed by atoms with E-state index in [1.54, 1.807) is 74.3 Å². The summed E-state index contributed by atoms with van der Waals surface area (Å²) in [5.74, 6) is 2.59. The van der Waals surface area contributed by atoms with Crippen LogP contribution in [0.1, 0.15) is 282 Å². The van der Waals surface area contributed by atoms with Crippen LogP contribution in [0.4, 0.5) is 0 Å². The summed E-state index contributed by atoms with van der Waals surface area (Å²) >= 11 is 0. The van der Waals surface area contributed by atoms with Crippen molar-refractivity contribution in [1.29, 1.82) is 0 Å². The molecule has 0 N–H and O–H groups in total. The molecule has 0 saturated heterocycles. The zero-order valence-corrected chi connectivity index (χ0v) is 87.0. The fourth-order valence-electron chi connectivity index (χ4n) is 21.0. The SMILES string of the molecule is C1CCCC1.C1CCCC1.C1CCCC1.CC(C)(C)P(CC1CCCC1P(c1ccccc1)c1ccccc1)C(C)(C)C.Cc1cccc(C)c1P(CC1CCCC1P(c1ccccc1)c1ccccc1)c1c(C)cccc1C.[CH3-].[CH3-].[CH3-].[CH3-].[CH3-].[CH3-].[Fe+2].[Fe+2].[Fe+2].c1ccc(P(c2ccccc2)C2CCCC2CP(C2CCCCC2)C2CCCCC2)cc1. The summed E-state index contributed by atoms with van der Waals surface area (Å²) in [6, 6.07) is 82.5. The molecule has 0 bridgehead atoms. The van der Waals surface area contributed by atoms with Crippen LogP contribution in [0.3, 0.4) is 0 Å². The van der Waals surface area contributed by atoms with Crippen molar-refractivity contribution in [2.24, 2.45) is 17.8 Å². The second-order valence-electron chi connectivity index (χ2n) is 36.5. The zero-order chi connectivity index (χ0) is 77.6. The van der Waals surface area contributed by atoms with E-state index in [2.05, 4.69) is 288 Å². The van der Waals surface area contributed by atoms with Gasteiger partial charge in [-0.25, -0.2) is 0 Å². The normalized spacial score (nSPS) is 20.0. The standard InChI is InChI=1S/C34H38P2.C30H42P2.C26H38P2.3C5H10.6CH3.3Fe/c1-25-14-11-15-26(2)33(25)35(34-27(3)16-12-17-28(34)4)24-29-18-13-23-32(29)36(30-19-7-5-8-20-30)31-21-9-6-10-22-31;1-5-15-26(16-6-1)31(27-17-7-2-8-18-27)24-25-14-13-23-30(25)32(28-19-9-3-10-20-28)29-21-11-4-12-22-29;1-25(2,3)27(26(4,5)6)20-21-14-13-19-24(21)28(22-15-9-7-10-16-22)23-17-11-8-12-18-23;3*1-2-4-5-3-1;;;;;;;;;/h5-12,14-17,19-22,29,32H,13,18,23-24H2,1-4H3;3-4,9-12,19-22,25-27,30H,1-2,5-8,13-18,23-24H2;7-12,15-18,21,24H,13-14,19-20H2,1-6H3;3*1-5H2;6*1H3;;;/q;;;;;;6*-1;3*+2. The first-order chi connectivity index (χ1) is 54.1. The molecular weight excluding hydrogens is 1690 g/mol. The van der Waals surface area contributed by atoms with Crippen LogP contribution in [-0.2, 0) is 51.2 Å². The van der Waals surface area contributed by atoms with Crippen molar-refractivity contribution in [2.75, 3.05) is 18.5 Å². The molecule has 6 unspecified atom stereocenters. The predicted molar refractivity (Wildman–Crippen MR) is 548 cm³/mol. The minimum absolute atomic E-state index is 0. The molecule has 9 heteroatoms. The summed E-state index contributed by atoms with van der Waals surface area (Å²) in [4.78, 5) is 0. The van der Waals surface area contributed by atoms with Crippen LogP contribution in [0.25, 0.3) is 0 Å². The fraction of sp³-hybridized carbons (Fsp3) is 0.514. The van der Waals surface area contributed by atoms with Gasteiger partial charge in [0, 0.05) is 0 Å². The van der Waals surface area contributed by atoms with Crippen LogP contribution in [0.15, 0.2) is 218 Å². The Morgan fingerprint density at radius 3 is 0.667 bits per heavy atom. The largest absolute Gasteiger partial charge is 2.00 e. The summed E-state index contributed by atoms with van der Waals surface area (Å²) in [6.45, 7) is 24.2. The second kappa shape index (κ2) is 60.7. The van der Waals surface area contributed by atoms with Crippen molar-refractivity contribution in [2.45, 2.75) is 326 Å². The molecule has 8 aliphatic carbocycles. The molecule has 0 spiro atoms. The molecule has 0 aromatic heterocycles. The maximum atomic E-state index is 2.48. The van der Waals surface area contributed by atoms with Gasteiger partial charge in [0.1, 0.15) is 0 Å². The Hall–Kier alpha value is -2.10. The molecule has 8 aliphatic rings. The third-order valence-corrected chi connectivity index (χ3v) is 46.6. The van der Waals surface area contributed by atoms with E-state index in [-0.39, 0.29) is 135 Å². The number of rotatable bonds is 19. The molecule has 0 nitrogen and oxygen atoms in total. The summed E-state index contributed by atoms with van der Waals surface area (Å²) < 4.78 is 0. The Labute approximate surface area is 782 Å². The Morgan fingerprint density at radius 2 is 0.442 bits per heavy atom. The summed E-state index contributed by atoms with van der Waals surface area (Å²) in [6.07, 6.45) is 54.9. The molecule has 6 atom stereocenters. The Bertz CT molecular complexity index is 3550. The van der Waals surface area contributed by atoms with Gasteiger partial charge in [0.15, 0.2) is 0 Å². The average molecular weight is 1850 g/mol. The number of aryl methyl sites for hydroxylation is 4. The van der Waals surface area contributed by atoms with Gasteiger partial charge in [0.05, 0.1) is 0 Å². The van der Waals surface area contributed by atoms with Crippen LogP contribution >= 0.6 is 47.5 Å². The molecular formula is C111H166Fe3P6. The van der Waals surface area contributed by atoms with E-state index in [4.69, 9.17) is 0 Å². The van der Waals surface area contributed by atoms with Gasteiger partial charge in [-0.15, -0.1) is 7.92 Å². The smallest absolute Gasteiger partial charge is 0.358 e. The van der Waals surface area contributed by atoms with Gasteiger partial charge in [0.25, 0.3) is 0 Å². The van der Waals surface area contributed by atoms with Crippen LogP contribution in [0.2, 0.25) is 0 Å². The Balaban J connectivity index is 0.000000541. The predicted octanol–water partition coefficient (Wildman–Crippen LogP) is 32.0. The van der Waals surface area contributed by atoms with E-state index in [0.29, 0.717) is 10.3 Å². The summed E-state index contributed by atoms with van der Waals surface area (Å²) in [7, 11) is -1.15. The molecule has 0 radical (unpaired) electrons. The van der Waals surface area contributed by atoms with E-state index in [1.165, 1.54) is 227 Å². The zero-order valence-electron chi connectivity index (χ0n) is 78.3.